The van der Waals surface area contributed by atoms with E-state index in [1.165, 1.54) is 6.07 Å². The number of carbonyl (C=O) groups is 1. The highest BCUT2D eigenvalue weighted by Gasteiger charge is 2.13. The van der Waals surface area contributed by atoms with Crippen molar-refractivity contribution >= 4 is 16.9 Å². The van der Waals surface area contributed by atoms with E-state index in [0.717, 1.165) is 18.4 Å². The molecule has 0 saturated carbocycles. The molecule has 0 aliphatic rings. The number of aromatic nitrogens is 2. The van der Waals surface area contributed by atoms with Gasteiger partial charge >= 0.3 is 5.97 Å². The predicted octanol–water partition coefficient (Wildman–Crippen LogP) is 3.95. The van der Waals surface area contributed by atoms with Gasteiger partial charge < -0.3 is 14.5 Å². The summed E-state index contributed by atoms with van der Waals surface area (Å²) in [7, 11) is 0. The van der Waals surface area contributed by atoms with Crippen molar-refractivity contribution in [2.24, 2.45) is 0 Å². The molecule has 0 bridgehead atoms. The summed E-state index contributed by atoms with van der Waals surface area (Å²) in [6.45, 7) is 4.72. The largest absolute Gasteiger partial charge is 0.493 e. The summed E-state index contributed by atoms with van der Waals surface area (Å²) in [6.07, 6.45) is 1.99. The second kappa shape index (κ2) is 8.49. The molecule has 0 saturated heterocycles. The molecular formula is C21H22N2O4. The number of nitrogens with zero attached hydrogens (tertiary/aromatic N) is 1. The van der Waals surface area contributed by atoms with Crippen LogP contribution in [-0.2, 0) is 4.74 Å². The third-order valence-electron chi connectivity index (χ3n) is 4.11. The second-order valence-corrected chi connectivity index (χ2v) is 6.07. The number of carbonyl (C=O) groups excluding carboxylic acids is 1. The van der Waals surface area contributed by atoms with Gasteiger partial charge in [0.05, 0.1) is 35.2 Å². The Morgan fingerprint density at radius 3 is 2.74 bits per heavy atom. The maximum atomic E-state index is 12.6. The van der Waals surface area contributed by atoms with E-state index in [1.54, 1.807) is 19.1 Å². The fourth-order valence-electron chi connectivity index (χ4n) is 2.72. The maximum absolute atomic E-state index is 12.6. The van der Waals surface area contributed by atoms with Crippen LogP contribution in [0.5, 0.6) is 5.75 Å². The third kappa shape index (κ3) is 4.16. The number of H-pyrrole nitrogens is 1. The van der Waals surface area contributed by atoms with Crippen LogP contribution in [0.1, 0.15) is 37.0 Å². The van der Waals surface area contributed by atoms with Crippen molar-refractivity contribution in [2.75, 3.05) is 13.2 Å². The molecule has 0 aliphatic heterocycles. The number of hydrogen-bond donors (Lipinski definition) is 1. The lowest BCUT2D eigenvalue weighted by Gasteiger charge is -2.11. The summed E-state index contributed by atoms with van der Waals surface area (Å²) >= 11 is 0. The molecule has 0 amide bonds. The summed E-state index contributed by atoms with van der Waals surface area (Å²) in [5, 5.41) is 0.341. The van der Waals surface area contributed by atoms with Crippen LogP contribution in [0.2, 0.25) is 0 Å². The van der Waals surface area contributed by atoms with E-state index >= 15 is 0 Å². The van der Waals surface area contributed by atoms with Crippen LogP contribution < -0.4 is 10.3 Å². The van der Waals surface area contributed by atoms with E-state index in [1.807, 2.05) is 24.3 Å². The van der Waals surface area contributed by atoms with Gasteiger partial charge in [-0.05, 0) is 43.7 Å². The molecule has 6 heteroatoms. The van der Waals surface area contributed by atoms with E-state index in [0.29, 0.717) is 34.6 Å². The minimum absolute atomic E-state index is 0.277. The fraction of sp³-hybridized carbons (Fsp3) is 0.286. The fourth-order valence-corrected chi connectivity index (χ4v) is 2.72. The van der Waals surface area contributed by atoms with Gasteiger partial charge in [-0.2, -0.15) is 0 Å². The molecule has 1 heterocycles. The number of rotatable bonds is 7. The van der Waals surface area contributed by atoms with Gasteiger partial charge in [0.1, 0.15) is 11.6 Å². The first-order valence-electron chi connectivity index (χ1n) is 9.07. The smallest absolute Gasteiger partial charge is 0.338 e. The number of para-hydroxylation sites is 1. The molecule has 0 unspecified atom stereocenters. The molecule has 140 valence electrons. The molecule has 3 rings (SSSR count). The SMILES string of the molecule is CCCCOc1ccccc1-c1nc2ccc(C(=O)OCC)cc2c(=O)[nH]1. The molecule has 2 aromatic carbocycles. The number of fused-ring (bicyclic) bond motifs is 1. The molecule has 0 fully saturated rings. The molecule has 6 nitrogen and oxygen atoms in total. The Bertz CT molecular complexity index is 1010. The van der Waals surface area contributed by atoms with Crippen LogP contribution in [0.25, 0.3) is 22.3 Å². The van der Waals surface area contributed by atoms with Crippen LogP contribution in [0.15, 0.2) is 47.3 Å². The minimum atomic E-state index is -0.461. The van der Waals surface area contributed by atoms with Crippen LogP contribution in [0.3, 0.4) is 0 Å². The maximum Gasteiger partial charge on any atom is 0.338 e. The van der Waals surface area contributed by atoms with Gasteiger partial charge in [-0.1, -0.05) is 25.5 Å². The summed E-state index contributed by atoms with van der Waals surface area (Å²) < 4.78 is 10.8. The molecule has 0 spiro atoms. The molecule has 0 aliphatic carbocycles. The summed E-state index contributed by atoms with van der Waals surface area (Å²) in [5.41, 5.74) is 1.24. The zero-order valence-corrected chi connectivity index (χ0v) is 15.5. The van der Waals surface area contributed by atoms with E-state index in [4.69, 9.17) is 9.47 Å². The highest BCUT2D eigenvalue weighted by Crippen LogP contribution is 2.27. The summed E-state index contributed by atoms with van der Waals surface area (Å²) in [5.74, 6) is 0.651. The van der Waals surface area contributed by atoms with E-state index in [9.17, 15) is 9.59 Å². The Kier molecular flexibility index (Phi) is 5.86. The minimum Gasteiger partial charge on any atom is -0.493 e. The first-order valence-corrected chi connectivity index (χ1v) is 9.07. The molecule has 27 heavy (non-hydrogen) atoms. The molecule has 3 aromatic rings. The average Bonchev–Trinajstić information content (AvgIpc) is 2.68. The number of unbranched alkanes of at least 4 members (excludes halogenated alkanes) is 1. The molecule has 1 N–H and O–H groups in total. The quantitative estimate of drug-likeness (QED) is 0.506. The highest BCUT2D eigenvalue weighted by molar-refractivity contribution is 5.94. The Morgan fingerprint density at radius 1 is 1.15 bits per heavy atom. The Balaban J connectivity index is 2.01. The van der Waals surface area contributed by atoms with E-state index in [2.05, 4.69) is 16.9 Å². The number of aromatic amines is 1. The molecule has 0 radical (unpaired) electrons. The summed E-state index contributed by atoms with van der Waals surface area (Å²) in [4.78, 5) is 31.8. The third-order valence-corrected chi connectivity index (χ3v) is 4.11. The van der Waals surface area contributed by atoms with Crippen molar-refractivity contribution < 1.29 is 14.3 Å². The van der Waals surface area contributed by atoms with Gasteiger partial charge in [-0.15, -0.1) is 0 Å². The van der Waals surface area contributed by atoms with Crippen molar-refractivity contribution in [2.45, 2.75) is 26.7 Å². The van der Waals surface area contributed by atoms with Crippen molar-refractivity contribution in [3.8, 4) is 17.1 Å². The number of hydrogen-bond acceptors (Lipinski definition) is 5. The van der Waals surface area contributed by atoms with Gasteiger partial charge in [0, 0.05) is 0 Å². The lowest BCUT2D eigenvalue weighted by molar-refractivity contribution is 0.0526. The number of nitrogens with one attached hydrogen (secondary N) is 1. The molecule has 1 aromatic heterocycles. The number of ether oxygens (including phenoxy) is 2. The topological polar surface area (TPSA) is 81.3 Å². The zero-order valence-electron chi connectivity index (χ0n) is 15.5. The lowest BCUT2D eigenvalue weighted by atomic mass is 10.1. The standard InChI is InChI=1S/C21H22N2O4/c1-3-5-12-27-18-9-7-6-8-15(18)19-22-17-11-10-14(21(25)26-4-2)13-16(17)20(24)23-19/h6-11,13H,3-5,12H2,1-2H3,(H,22,23,24). The Labute approximate surface area is 157 Å². The Morgan fingerprint density at radius 2 is 1.96 bits per heavy atom. The van der Waals surface area contributed by atoms with Gasteiger partial charge in [0.15, 0.2) is 0 Å². The van der Waals surface area contributed by atoms with Gasteiger partial charge in [0.25, 0.3) is 5.56 Å². The average molecular weight is 366 g/mol. The van der Waals surface area contributed by atoms with E-state index in [-0.39, 0.29) is 12.2 Å². The Hall–Kier alpha value is -3.15. The van der Waals surface area contributed by atoms with Crippen molar-refractivity contribution in [3.63, 3.8) is 0 Å². The number of benzene rings is 2. The van der Waals surface area contributed by atoms with Gasteiger partial charge in [0.2, 0.25) is 0 Å². The van der Waals surface area contributed by atoms with Crippen molar-refractivity contribution in [3.05, 3.63) is 58.4 Å². The first kappa shape index (κ1) is 18.6. The number of esters is 1. The highest BCUT2D eigenvalue weighted by atomic mass is 16.5. The monoisotopic (exact) mass is 366 g/mol. The normalized spacial score (nSPS) is 10.7. The predicted molar refractivity (Wildman–Crippen MR) is 104 cm³/mol. The van der Waals surface area contributed by atoms with Crippen LogP contribution >= 0.6 is 0 Å². The second-order valence-electron chi connectivity index (χ2n) is 6.07. The van der Waals surface area contributed by atoms with Gasteiger partial charge in [-0.3, -0.25) is 4.79 Å². The van der Waals surface area contributed by atoms with Crippen LogP contribution in [0.4, 0.5) is 0 Å². The van der Waals surface area contributed by atoms with Crippen molar-refractivity contribution in [1.82, 2.24) is 9.97 Å². The summed E-state index contributed by atoms with van der Waals surface area (Å²) in [6, 6.07) is 12.2. The first-order chi connectivity index (χ1) is 13.1. The van der Waals surface area contributed by atoms with Crippen molar-refractivity contribution in [1.29, 1.82) is 0 Å². The van der Waals surface area contributed by atoms with Gasteiger partial charge in [-0.25, -0.2) is 9.78 Å². The van der Waals surface area contributed by atoms with Crippen LogP contribution in [0, 0.1) is 0 Å². The zero-order chi connectivity index (χ0) is 19.2. The molecule has 0 atom stereocenters. The van der Waals surface area contributed by atoms with Crippen LogP contribution in [-0.4, -0.2) is 29.2 Å². The lowest BCUT2D eigenvalue weighted by Crippen LogP contribution is -2.12. The molecular weight excluding hydrogens is 344 g/mol. The van der Waals surface area contributed by atoms with E-state index < -0.39 is 5.97 Å².